The van der Waals surface area contributed by atoms with Crippen molar-refractivity contribution in [3.8, 4) is 0 Å². The van der Waals surface area contributed by atoms with E-state index < -0.39 is 0 Å². The highest BCUT2D eigenvalue weighted by Crippen LogP contribution is 2.17. The van der Waals surface area contributed by atoms with Crippen molar-refractivity contribution in [2.75, 3.05) is 10.6 Å². The minimum atomic E-state index is -0.346. The number of amides is 2. The summed E-state index contributed by atoms with van der Waals surface area (Å²) in [5.74, 6) is -0.627. The molecule has 150 valence electrons. The summed E-state index contributed by atoms with van der Waals surface area (Å²) in [6.07, 6.45) is 3.11. The molecule has 0 spiro atoms. The molecule has 5 nitrogen and oxygen atoms in total. The lowest BCUT2D eigenvalue weighted by molar-refractivity contribution is -0.115. The van der Waals surface area contributed by atoms with Crippen LogP contribution in [0.25, 0.3) is 6.08 Å². The van der Waals surface area contributed by atoms with Gasteiger partial charge in [0.05, 0.1) is 0 Å². The largest absolute Gasteiger partial charge is 0.332 e. The number of carbonyl (C=O) groups excluding carboxylic acids is 2. The van der Waals surface area contributed by atoms with Crippen LogP contribution < -0.4 is 16.0 Å². The van der Waals surface area contributed by atoms with Gasteiger partial charge in [-0.1, -0.05) is 54.1 Å². The van der Waals surface area contributed by atoms with Crippen molar-refractivity contribution in [1.82, 2.24) is 5.32 Å². The van der Waals surface area contributed by atoms with Gasteiger partial charge in [-0.15, -0.1) is 0 Å². The average molecular weight is 436 g/mol. The Bertz CT molecular complexity index is 1100. The summed E-state index contributed by atoms with van der Waals surface area (Å²) in [4.78, 5) is 24.4. The Kier molecular flexibility index (Phi) is 7.32. The first kappa shape index (κ1) is 21.2. The number of anilines is 2. The van der Waals surface area contributed by atoms with Crippen molar-refractivity contribution in [1.29, 1.82) is 0 Å². The van der Waals surface area contributed by atoms with Gasteiger partial charge in [0.1, 0.15) is 0 Å². The van der Waals surface area contributed by atoms with E-state index in [4.69, 9.17) is 23.8 Å². The highest BCUT2D eigenvalue weighted by Gasteiger charge is 2.08. The van der Waals surface area contributed by atoms with Crippen LogP contribution in [0, 0.1) is 0 Å². The highest BCUT2D eigenvalue weighted by molar-refractivity contribution is 7.80. The van der Waals surface area contributed by atoms with Crippen LogP contribution in [-0.4, -0.2) is 16.9 Å². The predicted octanol–water partition coefficient (Wildman–Crippen LogP) is 5.12. The lowest BCUT2D eigenvalue weighted by Crippen LogP contribution is -2.32. The van der Waals surface area contributed by atoms with Crippen LogP contribution in [0.3, 0.4) is 0 Å². The summed E-state index contributed by atoms with van der Waals surface area (Å²) in [5, 5.41) is 8.94. The first-order chi connectivity index (χ1) is 14.5. The Hall–Kier alpha value is -3.48. The molecule has 0 unspecified atom stereocenters. The van der Waals surface area contributed by atoms with Crippen LogP contribution in [0.1, 0.15) is 15.9 Å². The molecule has 0 aliphatic carbocycles. The van der Waals surface area contributed by atoms with Gasteiger partial charge < -0.3 is 10.6 Å². The molecule has 0 aliphatic rings. The number of rotatable bonds is 5. The molecular formula is C23H18ClN3O2S. The van der Waals surface area contributed by atoms with Crippen LogP contribution in [0.2, 0.25) is 5.02 Å². The second-order valence-corrected chi connectivity index (χ2v) is 7.08. The Labute approximate surface area is 184 Å². The fraction of sp³-hybridized carbons (Fsp3) is 0. The van der Waals surface area contributed by atoms with Crippen LogP contribution in [-0.2, 0) is 4.79 Å². The normalized spacial score (nSPS) is 10.4. The van der Waals surface area contributed by atoms with Crippen molar-refractivity contribution in [3.63, 3.8) is 0 Å². The number of benzene rings is 3. The fourth-order valence-corrected chi connectivity index (χ4v) is 2.97. The van der Waals surface area contributed by atoms with E-state index in [2.05, 4.69) is 16.0 Å². The summed E-state index contributed by atoms with van der Waals surface area (Å²) in [7, 11) is 0. The smallest absolute Gasteiger partial charge is 0.255 e. The topological polar surface area (TPSA) is 70.2 Å². The summed E-state index contributed by atoms with van der Waals surface area (Å²) in [6.45, 7) is 0. The first-order valence-electron chi connectivity index (χ1n) is 9.02. The number of nitrogens with one attached hydrogen (secondary N) is 3. The van der Waals surface area contributed by atoms with Crippen molar-refractivity contribution in [2.45, 2.75) is 0 Å². The zero-order valence-corrected chi connectivity index (χ0v) is 17.3. The van der Waals surface area contributed by atoms with Crippen LogP contribution in [0.15, 0.2) is 84.9 Å². The second kappa shape index (κ2) is 10.3. The highest BCUT2D eigenvalue weighted by atomic mass is 35.5. The molecule has 0 atom stereocenters. The molecule has 0 saturated carbocycles. The molecule has 7 heteroatoms. The standard InChI is InChI=1S/C23H18ClN3O2S/c24-18-9-4-8-17(14-18)22(29)25-19-10-5-11-20(15-19)26-23(30)27-21(28)13-12-16-6-2-1-3-7-16/h1-15H,(H,25,29)(H2,26,27,28,30). The van der Waals surface area contributed by atoms with Crippen LogP contribution in [0.5, 0.6) is 0 Å². The molecule has 0 aromatic heterocycles. The minimum absolute atomic E-state index is 0.149. The number of hydrogen-bond acceptors (Lipinski definition) is 3. The summed E-state index contributed by atoms with van der Waals surface area (Å²) < 4.78 is 0. The number of halogens is 1. The van der Waals surface area contributed by atoms with Crippen molar-refractivity contribution >= 4 is 58.2 Å². The molecule has 0 radical (unpaired) electrons. The number of hydrogen-bond donors (Lipinski definition) is 3. The lowest BCUT2D eigenvalue weighted by Gasteiger charge is -2.11. The van der Waals surface area contributed by atoms with Gasteiger partial charge in [0.25, 0.3) is 5.91 Å². The van der Waals surface area contributed by atoms with E-state index in [1.54, 1.807) is 54.6 Å². The van der Waals surface area contributed by atoms with E-state index in [9.17, 15) is 9.59 Å². The predicted molar refractivity (Wildman–Crippen MR) is 126 cm³/mol. The maximum atomic E-state index is 12.4. The summed E-state index contributed by atoms with van der Waals surface area (Å²) in [5.41, 5.74) is 2.56. The molecule has 0 bridgehead atoms. The lowest BCUT2D eigenvalue weighted by atomic mass is 10.2. The molecule has 0 fully saturated rings. The molecule has 3 aromatic carbocycles. The number of carbonyl (C=O) groups is 2. The van der Waals surface area contributed by atoms with Crippen LogP contribution >= 0.6 is 23.8 Å². The quantitative estimate of drug-likeness (QED) is 0.384. The SMILES string of the molecule is O=C(C=Cc1ccccc1)NC(=S)Nc1cccc(NC(=O)c2cccc(Cl)c2)c1. The second-order valence-electron chi connectivity index (χ2n) is 6.23. The van der Waals surface area contributed by atoms with Gasteiger partial charge in [-0.05, 0) is 60.3 Å². The van der Waals surface area contributed by atoms with Gasteiger partial charge in [-0.25, -0.2) is 0 Å². The van der Waals surface area contributed by atoms with E-state index in [0.29, 0.717) is 22.0 Å². The zero-order valence-electron chi connectivity index (χ0n) is 15.8. The minimum Gasteiger partial charge on any atom is -0.332 e. The molecular weight excluding hydrogens is 418 g/mol. The van der Waals surface area contributed by atoms with E-state index in [-0.39, 0.29) is 16.9 Å². The molecule has 0 heterocycles. The Morgan fingerprint density at radius 2 is 1.53 bits per heavy atom. The number of thiocarbonyl (C=S) groups is 1. The third-order valence-electron chi connectivity index (χ3n) is 3.93. The van der Waals surface area contributed by atoms with Gasteiger partial charge in [0, 0.05) is 28.0 Å². The zero-order chi connectivity index (χ0) is 21.3. The van der Waals surface area contributed by atoms with Gasteiger partial charge in [0.2, 0.25) is 5.91 Å². The van der Waals surface area contributed by atoms with E-state index >= 15 is 0 Å². The molecule has 3 rings (SSSR count). The van der Waals surface area contributed by atoms with Crippen molar-refractivity contribution in [2.24, 2.45) is 0 Å². The summed E-state index contributed by atoms with van der Waals surface area (Å²) >= 11 is 11.1. The first-order valence-corrected chi connectivity index (χ1v) is 9.80. The Morgan fingerprint density at radius 3 is 2.27 bits per heavy atom. The maximum Gasteiger partial charge on any atom is 0.255 e. The fourth-order valence-electron chi connectivity index (χ4n) is 2.56. The van der Waals surface area contributed by atoms with Gasteiger partial charge in [-0.3, -0.25) is 14.9 Å². The molecule has 2 amide bonds. The van der Waals surface area contributed by atoms with Crippen molar-refractivity contribution < 1.29 is 9.59 Å². The van der Waals surface area contributed by atoms with Crippen LogP contribution in [0.4, 0.5) is 11.4 Å². The van der Waals surface area contributed by atoms with E-state index in [0.717, 1.165) is 5.56 Å². The molecule has 0 aliphatic heterocycles. The molecule has 3 aromatic rings. The summed E-state index contributed by atoms with van der Waals surface area (Å²) in [6, 6.07) is 23.1. The third kappa shape index (κ3) is 6.55. The Balaban J connectivity index is 1.56. The average Bonchev–Trinajstić information content (AvgIpc) is 2.73. The van der Waals surface area contributed by atoms with Gasteiger partial charge in [-0.2, -0.15) is 0 Å². The molecule has 0 saturated heterocycles. The monoisotopic (exact) mass is 435 g/mol. The van der Waals surface area contributed by atoms with Gasteiger partial charge in [0.15, 0.2) is 5.11 Å². The van der Waals surface area contributed by atoms with Crippen molar-refractivity contribution in [3.05, 3.63) is 101 Å². The van der Waals surface area contributed by atoms with E-state index in [1.807, 2.05) is 30.3 Å². The maximum absolute atomic E-state index is 12.4. The van der Waals surface area contributed by atoms with Gasteiger partial charge >= 0.3 is 0 Å². The van der Waals surface area contributed by atoms with E-state index in [1.165, 1.54) is 6.08 Å². The molecule has 30 heavy (non-hydrogen) atoms. The third-order valence-corrected chi connectivity index (χ3v) is 4.37. The molecule has 3 N–H and O–H groups in total. The Morgan fingerprint density at radius 1 is 0.833 bits per heavy atom.